The number of benzene rings is 2. The lowest BCUT2D eigenvalue weighted by atomic mass is 10.1. The van der Waals surface area contributed by atoms with Gasteiger partial charge in [0, 0.05) is 5.56 Å². The number of para-hydroxylation sites is 1. The van der Waals surface area contributed by atoms with Crippen LogP contribution in [0.1, 0.15) is 11.1 Å². The van der Waals surface area contributed by atoms with Gasteiger partial charge in [-0.15, -0.1) is 0 Å². The van der Waals surface area contributed by atoms with Crippen LogP contribution in [0.15, 0.2) is 36.4 Å². The topological polar surface area (TPSA) is 47.9 Å². The molecule has 0 unspecified atom stereocenters. The fourth-order valence-corrected chi connectivity index (χ4v) is 1.98. The van der Waals surface area contributed by atoms with E-state index in [4.69, 9.17) is 14.2 Å². The molecular weight excluding hydrogens is 268 g/mol. The number of methoxy groups -OCH3 is 3. The van der Waals surface area contributed by atoms with Crippen LogP contribution in [-0.2, 0) is 0 Å². The van der Waals surface area contributed by atoms with Crippen LogP contribution < -0.4 is 14.2 Å². The smallest absolute Gasteiger partial charge is 0.165 e. The van der Waals surface area contributed by atoms with Crippen molar-refractivity contribution in [2.24, 2.45) is 0 Å². The van der Waals surface area contributed by atoms with Gasteiger partial charge < -0.3 is 19.3 Å². The van der Waals surface area contributed by atoms with E-state index in [1.807, 2.05) is 42.5 Å². The quantitative estimate of drug-likeness (QED) is 0.853. The van der Waals surface area contributed by atoms with Crippen LogP contribution in [0, 0.1) is 0 Å². The summed E-state index contributed by atoms with van der Waals surface area (Å²) in [5.74, 6) is 1.91. The van der Waals surface area contributed by atoms with Gasteiger partial charge in [-0.25, -0.2) is 0 Å². The maximum atomic E-state index is 10.0. The lowest BCUT2D eigenvalue weighted by Crippen LogP contribution is -1.90. The molecule has 2 aromatic rings. The monoisotopic (exact) mass is 286 g/mol. The molecule has 4 heteroatoms. The van der Waals surface area contributed by atoms with E-state index in [1.165, 1.54) is 7.11 Å². The largest absolute Gasteiger partial charge is 0.504 e. The third-order valence-electron chi connectivity index (χ3n) is 3.11. The molecule has 110 valence electrons. The number of phenols is 1. The first-order valence-corrected chi connectivity index (χ1v) is 6.45. The summed E-state index contributed by atoms with van der Waals surface area (Å²) in [6.45, 7) is 0. The third-order valence-corrected chi connectivity index (χ3v) is 3.11. The van der Waals surface area contributed by atoms with Crippen molar-refractivity contribution in [3.05, 3.63) is 47.5 Å². The molecule has 2 rings (SSSR count). The predicted octanol–water partition coefficient (Wildman–Crippen LogP) is 3.59. The lowest BCUT2D eigenvalue weighted by Gasteiger charge is -2.08. The molecule has 2 aromatic carbocycles. The summed E-state index contributed by atoms with van der Waals surface area (Å²) in [5, 5.41) is 10.0. The van der Waals surface area contributed by atoms with Crippen LogP contribution in [-0.4, -0.2) is 26.4 Å². The van der Waals surface area contributed by atoms with E-state index in [0.29, 0.717) is 22.8 Å². The first-order valence-electron chi connectivity index (χ1n) is 6.45. The minimum atomic E-state index is 0.122. The van der Waals surface area contributed by atoms with E-state index in [0.717, 1.165) is 5.56 Å². The van der Waals surface area contributed by atoms with Gasteiger partial charge in [-0.3, -0.25) is 0 Å². The maximum absolute atomic E-state index is 10.0. The Morgan fingerprint density at radius 3 is 2.19 bits per heavy atom. The Labute approximate surface area is 124 Å². The van der Waals surface area contributed by atoms with E-state index >= 15 is 0 Å². The standard InChI is InChI=1S/C17H18O4/c1-19-14-10-8-12(11-16(14)21-3)7-9-13-5-4-6-15(20-2)17(13)18/h4-11,18H,1-3H3/b9-7-. The van der Waals surface area contributed by atoms with Gasteiger partial charge in [0.2, 0.25) is 0 Å². The minimum absolute atomic E-state index is 0.122. The second-order valence-electron chi connectivity index (χ2n) is 4.35. The Morgan fingerprint density at radius 1 is 0.810 bits per heavy atom. The van der Waals surface area contributed by atoms with Crippen molar-refractivity contribution < 1.29 is 19.3 Å². The second-order valence-corrected chi connectivity index (χ2v) is 4.35. The molecule has 0 radical (unpaired) electrons. The Kier molecular flexibility index (Phi) is 4.72. The van der Waals surface area contributed by atoms with Gasteiger partial charge in [-0.1, -0.05) is 30.4 Å². The lowest BCUT2D eigenvalue weighted by molar-refractivity contribution is 0.355. The Bertz CT molecular complexity index is 647. The second kappa shape index (κ2) is 6.70. The summed E-state index contributed by atoms with van der Waals surface area (Å²) in [7, 11) is 4.72. The molecule has 0 saturated heterocycles. The van der Waals surface area contributed by atoms with Crippen LogP contribution in [0.4, 0.5) is 0 Å². The van der Waals surface area contributed by atoms with Crippen molar-refractivity contribution in [2.45, 2.75) is 0 Å². The molecule has 0 aliphatic heterocycles. The summed E-state index contributed by atoms with van der Waals surface area (Å²) in [4.78, 5) is 0. The minimum Gasteiger partial charge on any atom is -0.504 e. The summed E-state index contributed by atoms with van der Waals surface area (Å²) in [6.07, 6.45) is 3.70. The number of rotatable bonds is 5. The van der Waals surface area contributed by atoms with Crippen LogP contribution in [0.25, 0.3) is 12.2 Å². The zero-order valence-corrected chi connectivity index (χ0v) is 12.3. The van der Waals surface area contributed by atoms with Gasteiger partial charge in [-0.05, 0) is 23.8 Å². The summed E-state index contributed by atoms with van der Waals surface area (Å²) in [6, 6.07) is 11.0. The van der Waals surface area contributed by atoms with Gasteiger partial charge in [0.05, 0.1) is 21.3 Å². The molecule has 0 fully saturated rings. The van der Waals surface area contributed by atoms with Crippen LogP contribution in [0.5, 0.6) is 23.0 Å². The Morgan fingerprint density at radius 2 is 1.52 bits per heavy atom. The van der Waals surface area contributed by atoms with Crippen molar-refractivity contribution in [1.29, 1.82) is 0 Å². The number of phenolic OH excluding ortho intramolecular Hbond substituents is 1. The molecule has 0 heterocycles. The molecule has 0 aliphatic carbocycles. The van der Waals surface area contributed by atoms with Crippen molar-refractivity contribution in [3.63, 3.8) is 0 Å². The summed E-state index contributed by atoms with van der Waals surface area (Å²) >= 11 is 0. The number of hydrogen-bond donors (Lipinski definition) is 1. The van der Waals surface area contributed by atoms with Crippen LogP contribution >= 0.6 is 0 Å². The van der Waals surface area contributed by atoms with Gasteiger partial charge in [-0.2, -0.15) is 0 Å². The highest BCUT2D eigenvalue weighted by molar-refractivity contribution is 5.74. The highest BCUT2D eigenvalue weighted by Gasteiger charge is 2.05. The van der Waals surface area contributed by atoms with E-state index in [-0.39, 0.29) is 5.75 Å². The average molecular weight is 286 g/mol. The SMILES string of the molecule is COc1ccc(/C=C\c2cccc(OC)c2O)cc1OC. The molecule has 0 saturated carbocycles. The van der Waals surface area contributed by atoms with E-state index in [2.05, 4.69) is 0 Å². The fourth-order valence-electron chi connectivity index (χ4n) is 1.98. The maximum Gasteiger partial charge on any atom is 0.165 e. The zero-order chi connectivity index (χ0) is 15.2. The highest BCUT2D eigenvalue weighted by atomic mass is 16.5. The highest BCUT2D eigenvalue weighted by Crippen LogP contribution is 2.32. The zero-order valence-electron chi connectivity index (χ0n) is 12.3. The molecule has 0 bridgehead atoms. The first-order chi connectivity index (χ1) is 10.2. The van der Waals surface area contributed by atoms with Crippen molar-refractivity contribution in [3.8, 4) is 23.0 Å². The van der Waals surface area contributed by atoms with Crippen LogP contribution in [0.2, 0.25) is 0 Å². The van der Waals surface area contributed by atoms with Gasteiger partial charge in [0.15, 0.2) is 23.0 Å². The molecule has 0 aromatic heterocycles. The molecule has 4 nitrogen and oxygen atoms in total. The number of hydrogen-bond acceptors (Lipinski definition) is 4. The van der Waals surface area contributed by atoms with Crippen molar-refractivity contribution in [2.75, 3.05) is 21.3 Å². The van der Waals surface area contributed by atoms with E-state index in [1.54, 1.807) is 20.3 Å². The van der Waals surface area contributed by atoms with Gasteiger partial charge in [0.1, 0.15) is 0 Å². The van der Waals surface area contributed by atoms with Crippen molar-refractivity contribution in [1.82, 2.24) is 0 Å². The van der Waals surface area contributed by atoms with Gasteiger partial charge >= 0.3 is 0 Å². The van der Waals surface area contributed by atoms with Crippen LogP contribution in [0.3, 0.4) is 0 Å². The summed E-state index contributed by atoms with van der Waals surface area (Å²) < 4.78 is 15.5. The summed E-state index contributed by atoms with van der Waals surface area (Å²) in [5.41, 5.74) is 1.62. The first kappa shape index (κ1) is 14.8. The number of aromatic hydroxyl groups is 1. The van der Waals surface area contributed by atoms with Crippen molar-refractivity contribution >= 4 is 12.2 Å². The predicted molar refractivity (Wildman–Crippen MR) is 83.1 cm³/mol. The van der Waals surface area contributed by atoms with Gasteiger partial charge in [0.25, 0.3) is 0 Å². The molecule has 0 aliphatic rings. The third kappa shape index (κ3) is 3.28. The molecule has 1 N–H and O–H groups in total. The normalized spacial score (nSPS) is 10.6. The Hall–Kier alpha value is -2.62. The molecule has 0 spiro atoms. The average Bonchev–Trinajstić information content (AvgIpc) is 2.53. The molecular formula is C17H18O4. The number of ether oxygens (including phenoxy) is 3. The Balaban J connectivity index is 2.29. The van der Waals surface area contributed by atoms with E-state index < -0.39 is 0 Å². The molecule has 0 atom stereocenters. The fraction of sp³-hybridized carbons (Fsp3) is 0.176. The van der Waals surface area contributed by atoms with E-state index in [9.17, 15) is 5.11 Å². The molecule has 0 amide bonds. The molecule has 21 heavy (non-hydrogen) atoms.